The number of nitrogens with one attached hydrogen (secondary N) is 2. The molecule has 0 aliphatic carbocycles. The Kier molecular flexibility index (Phi) is 6.11. The number of nitrogens with zero attached hydrogens (tertiary/aromatic N) is 4. The molecule has 2 heterocycles. The molecule has 1 saturated heterocycles. The van der Waals surface area contributed by atoms with Gasteiger partial charge in [0.2, 0.25) is 0 Å². The van der Waals surface area contributed by atoms with Crippen molar-refractivity contribution in [1.82, 2.24) is 25.2 Å². The Labute approximate surface area is 179 Å². The molecule has 1 aliphatic heterocycles. The number of carbonyl (C=O) groups is 2. The number of halogens is 1. The lowest BCUT2D eigenvalue weighted by Gasteiger charge is -2.26. The molecule has 2 N–H and O–H groups in total. The third-order valence-corrected chi connectivity index (χ3v) is 5.44. The van der Waals surface area contributed by atoms with E-state index in [2.05, 4.69) is 20.9 Å². The predicted molar refractivity (Wildman–Crippen MR) is 115 cm³/mol. The van der Waals surface area contributed by atoms with Crippen molar-refractivity contribution in [2.24, 2.45) is 0 Å². The largest absolute Gasteiger partial charge is 0.339 e. The van der Waals surface area contributed by atoms with Crippen LogP contribution in [0.4, 0.5) is 14.9 Å². The second-order valence-corrected chi connectivity index (χ2v) is 7.71. The van der Waals surface area contributed by atoms with Crippen LogP contribution in [0.5, 0.6) is 0 Å². The van der Waals surface area contributed by atoms with Crippen LogP contribution in [-0.4, -0.2) is 51.5 Å². The molecular weight excluding hydrogens is 399 g/mol. The Morgan fingerprint density at radius 3 is 2.68 bits per heavy atom. The number of piperidine rings is 1. The molecule has 3 amide bonds. The van der Waals surface area contributed by atoms with Crippen molar-refractivity contribution in [2.75, 3.05) is 25.0 Å². The molecule has 0 radical (unpaired) electrons. The quantitative estimate of drug-likeness (QED) is 0.657. The minimum absolute atomic E-state index is 0.0297. The summed E-state index contributed by atoms with van der Waals surface area (Å²) in [5.41, 5.74) is 2.95. The van der Waals surface area contributed by atoms with Gasteiger partial charge in [0.05, 0.1) is 12.1 Å². The first-order valence-electron chi connectivity index (χ1n) is 10.4. The van der Waals surface area contributed by atoms with E-state index in [4.69, 9.17) is 0 Å². The lowest BCUT2D eigenvalue weighted by Crippen LogP contribution is -2.35. The summed E-state index contributed by atoms with van der Waals surface area (Å²) in [4.78, 5) is 26.6. The third-order valence-electron chi connectivity index (χ3n) is 5.44. The molecular formula is C22H25FN6O2. The Hall–Kier alpha value is -3.49. The van der Waals surface area contributed by atoms with Crippen molar-refractivity contribution in [3.05, 3.63) is 53.3 Å². The third kappa shape index (κ3) is 4.82. The van der Waals surface area contributed by atoms with Crippen LogP contribution in [0.25, 0.3) is 11.0 Å². The monoisotopic (exact) mass is 424 g/mol. The fourth-order valence-electron chi connectivity index (χ4n) is 3.67. The molecule has 31 heavy (non-hydrogen) atoms. The summed E-state index contributed by atoms with van der Waals surface area (Å²) >= 11 is 0. The van der Waals surface area contributed by atoms with Gasteiger partial charge >= 0.3 is 6.03 Å². The van der Waals surface area contributed by atoms with Crippen LogP contribution >= 0.6 is 0 Å². The highest BCUT2D eigenvalue weighted by Crippen LogP contribution is 2.18. The van der Waals surface area contributed by atoms with E-state index >= 15 is 0 Å². The molecule has 3 aromatic rings. The molecule has 0 spiro atoms. The molecule has 1 aromatic heterocycles. The highest BCUT2D eigenvalue weighted by atomic mass is 19.1. The maximum absolute atomic E-state index is 13.6. The van der Waals surface area contributed by atoms with E-state index in [1.165, 1.54) is 12.5 Å². The minimum Gasteiger partial charge on any atom is -0.339 e. The Balaban J connectivity index is 1.34. The van der Waals surface area contributed by atoms with Crippen molar-refractivity contribution in [3.63, 3.8) is 0 Å². The van der Waals surface area contributed by atoms with Gasteiger partial charge < -0.3 is 15.5 Å². The van der Waals surface area contributed by atoms with Crippen molar-refractivity contribution in [1.29, 1.82) is 0 Å². The highest BCUT2D eigenvalue weighted by Gasteiger charge is 2.19. The van der Waals surface area contributed by atoms with Gasteiger partial charge in [-0.05, 0) is 62.1 Å². The van der Waals surface area contributed by atoms with E-state index in [0.717, 1.165) is 31.4 Å². The highest BCUT2D eigenvalue weighted by molar-refractivity contribution is 5.97. The van der Waals surface area contributed by atoms with Crippen molar-refractivity contribution < 1.29 is 14.0 Å². The molecule has 4 rings (SSSR count). The predicted octanol–water partition coefficient (Wildman–Crippen LogP) is 3.33. The zero-order valence-corrected chi connectivity index (χ0v) is 17.4. The fourth-order valence-corrected chi connectivity index (χ4v) is 3.67. The van der Waals surface area contributed by atoms with Crippen LogP contribution in [0.2, 0.25) is 0 Å². The molecule has 9 heteroatoms. The minimum atomic E-state index is -0.429. The number of carbonyl (C=O) groups excluding carboxylic acids is 2. The second-order valence-electron chi connectivity index (χ2n) is 7.71. The zero-order chi connectivity index (χ0) is 21.8. The first-order chi connectivity index (χ1) is 15.0. The molecule has 0 unspecified atom stereocenters. The van der Waals surface area contributed by atoms with Gasteiger partial charge in [-0.2, -0.15) is 0 Å². The Morgan fingerprint density at radius 1 is 1.10 bits per heavy atom. The average Bonchev–Trinajstić information content (AvgIpc) is 3.18. The van der Waals surface area contributed by atoms with E-state index in [1.807, 2.05) is 11.0 Å². The van der Waals surface area contributed by atoms with Gasteiger partial charge in [0, 0.05) is 30.9 Å². The standard InChI is InChI=1S/C22H25FN6O2/c1-15-5-7-17(14-18(15)23)25-22(31)24-9-12-29-20-8-6-16(13-19(20)26-27-29)21(30)28-10-3-2-4-11-28/h5-8,13-14H,2-4,9-12H2,1H3,(H2,24,25,31). The maximum Gasteiger partial charge on any atom is 0.319 e. The summed E-state index contributed by atoms with van der Waals surface area (Å²) in [5, 5.41) is 13.6. The first-order valence-corrected chi connectivity index (χ1v) is 10.4. The van der Waals surface area contributed by atoms with Gasteiger partial charge in [-0.3, -0.25) is 4.79 Å². The number of amides is 3. The maximum atomic E-state index is 13.6. The normalized spacial score (nSPS) is 13.9. The molecule has 1 aliphatic rings. The van der Waals surface area contributed by atoms with E-state index < -0.39 is 6.03 Å². The summed E-state index contributed by atoms with van der Waals surface area (Å²) in [6.07, 6.45) is 3.26. The van der Waals surface area contributed by atoms with Crippen LogP contribution in [0, 0.1) is 12.7 Å². The van der Waals surface area contributed by atoms with Gasteiger partial charge in [0.15, 0.2) is 0 Å². The summed E-state index contributed by atoms with van der Waals surface area (Å²) in [6, 6.07) is 9.50. The topological polar surface area (TPSA) is 92.1 Å². The second kappa shape index (κ2) is 9.11. The first kappa shape index (κ1) is 20.8. The van der Waals surface area contributed by atoms with E-state index in [9.17, 15) is 14.0 Å². The molecule has 0 atom stereocenters. The number of aryl methyl sites for hydroxylation is 1. The molecule has 0 bridgehead atoms. The van der Waals surface area contributed by atoms with Crippen molar-refractivity contribution >= 4 is 28.7 Å². The lowest BCUT2D eigenvalue weighted by atomic mass is 10.1. The number of fused-ring (bicyclic) bond motifs is 1. The lowest BCUT2D eigenvalue weighted by molar-refractivity contribution is 0.0724. The van der Waals surface area contributed by atoms with Gasteiger partial charge in [-0.15, -0.1) is 5.10 Å². The Bertz CT molecular complexity index is 1110. The number of hydrogen-bond donors (Lipinski definition) is 2. The SMILES string of the molecule is Cc1ccc(NC(=O)NCCn2nnc3cc(C(=O)N4CCCCC4)ccc32)cc1F. The van der Waals surface area contributed by atoms with Crippen LogP contribution in [0.3, 0.4) is 0 Å². The average molecular weight is 424 g/mol. The van der Waals surface area contributed by atoms with Gasteiger partial charge in [-0.25, -0.2) is 13.9 Å². The number of benzene rings is 2. The Morgan fingerprint density at radius 2 is 1.90 bits per heavy atom. The summed E-state index contributed by atoms with van der Waals surface area (Å²) < 4.78 is 15.3. The van der Waals surface area contributed by atoms with Crippen molar-refractivity contribution in [2.45, 2.75) is 32.7 Å². The smallest absolute Gasteiger partial charge is 0.319 e. The molecule has 162 valence electrons. The fraction of sp³-hybridized carbons (Fsp3) is 0.364. The number of likely N-dealkylation sites (tertiary alicyclic amines) is 1. The van der Waals surface area contributed by atoms with Crippen LogP contribution in [0.1, 0.15) is 35.2 Å². The number of hydrogen-bond acceptors (Lipinski definition) is 4. The summed E-state index contributed by atoms with van der Waals surface area (Å²) in [7, 11) is 0. The summed E-state index contributed by atoms with van der Waals surface area (Å²) in [5.74, 6) is -0.341. The van der Waals surface area contributed by atoms with Crippen LogP contribution in [-0.2, 0) is 6.54 Å². The van der Waals surface area contributed by atoms with E-state index in [-0.39, 0.29) is 11.7 Å². The number of aromatic nitrogens is 3. The number of urea groups is 1. The van der Waals surface area contributed by atoms with Crippen LogP contribution < -0.4 is 10.6 Å². The molecule has 8 nitrogen and oxygen atoms in total. The molecule has 1 fully saturated rings. The number of rotatable bonds is 5. The summed E-state index contributed by atoms with van der Waals surface area (Å²) in [6.45, 7) is 3.98. The van der Waals surface area contributed by atoms with Gasteiger partial charge in [0.1, 0.15) is 11.3 Å². The molecule has 0 saturated carbocycles. The van der Waals surface area contributed by atoms with E-state index in [0.29, 0.717) is 35.4 Å². The zero-order valence-electron chi connectivity index (χ0n) is 17.4. The number of anilines is 1. The van der Waals surface area contributed by atoms with Gasteiger partial charge in [-0.1, -0.05) is 11.3 Å². The van der Waals surface area contributed by atoms with Crippen molar-refractivity contribution in [3.8, 4) is 0 Å². The van der Waals surface area contributed by atoms with Crippen LogP contribution in [0.15, 0.2) is 36.4 Å². The molecule has 2 aromatic carbocycles. The van der Waals surface area contributed by atoms with Gasteiger partial charge in [0.25, 0.3) is 5.91 Å². The van der Waals surface area contributed by atoms with E-state index in [1.54, 1.807) is 35.9 Å².